The van der Waals surface area contributed by atoms with Gasteiger partial charge in [0.15, 0.2) is 11.5 Å². The average Bonchev–Trinajstić information content (AvgIpc) is 2.42. The second-order valence-corrected chi connectivity index (χ2v) is 3.69. The molecule has 2 aromatic rings. The summed E-state index contributed by atoms with van der Waals surface area (Å²) in [4.78, 5) is 2.68. The van der Waals surface area contributed by atoms with Gasteiger partial charge in [-0.15, -0.1) is 0 Å². The molecule has 0 unspecified atom stereocenters. The van der Waals surface area contributed by atoms with Crippen LogP contribution in [0.5, 0.6) is 11.5 Å². The van der Waals surface area contributed by atoms with E-state index in [1.807, 2.05) is 0 Å². The first-order valence-corrected chi connectivity index (χ1v) is 5.38. The van der Waals surface area contributed by atoms with Gasteiger partial charge in [0.1, 0.15) is 0 Å². The molecule has 0 spiro atoms. The number of aromatic hydroxyl groups is 2. The summed E-state index contributed by atoms with van der Waals surface area (Å²) in [6.07, 6.45) is 0. The molecule has 0 heterocycles. The summed E-state index contributed by atoms with van der Waals surface area (Å²) < 4.78 is 0. The molecule has 5 heteroatoms. The van der Waals surface area contributed by atoms with Crippen LogP contribution in [0.3, 0.4) is 0 Å². The van der Waals surface area contributed by atoms with Gasteiger partial charge in [-0.1, -0.05) is 29.1 Å². The topological polar surface area (TPSA) is 89.2 Å². The minimum Gasteiger partial charge on any atom is -0.504 e. The van der Waals surface area contributed by atoms with Crippen LogP contribution in [0.1, 0.15) is 11.1 Å². The zero-order chi connectivity index (χ0) is 13.7. The first-order valence-electron chi connectivity index (χ1n) is 5.38. The number of phenolic OH excluding ortho intramolecular Hbond substituents is 2. The normalized spacial score (nSPS) is 9.05. The lowest BCUT2D eigenvalue weighted by molar-refractivity contribution is 0.403. The van der Waals surface area contributed by atoms with Crippen molar-refractivity contribution in [2.75, 3.05) is 0 Å². The molecule has 0 aliphatic heterocycles. The first kappa shape index (κ1) is 12.4. The van der Waals surface area contributed by atoms with Crippen molar-refractivity contribution in [3.8, 4) is 23.3 Å². The molecule has 5 nitrogen and oxygen atoms in total. The number of nitrogens with zero attached hydrogens (tertiary/aromatic N) is 3. The summed E-state index contributed by atoms with van der Waals surface area (Å²) in [7, 11) is 0. The summed E-state index contributed by atoms with van der Waals surface area (Å²) in [6.45, 7) is 0. The molecule has 0 atom stereocenters. The maximum absolute atomic E-state index is 9.33. The lowest BCUT2D eigenvalue weighted by Crippen LogP contribution is -1.76. The van der Waals surface area contributed by atoms with Crippen LogP contribution in [0.15, 0.2) is 47.6 Å². The van der Waals surface area contributed by atoms with E-state index in [-0.39, 0.29) is 11.5 Å². The van der Waals surface area contributed by atoms with Crippen LogP contribution in [-0.2, 0) is 0 Å². The second kappa shape index (κ2) is 5.50. The molecule has 0 saturated heterocycles. The molecule has 19 heavy (non-hydrogen) atoms. The van der Waals surface area contributed by atoms with Crippen LogP contribution in [-0.4, -0.2) is 10.2 Å². The summed E-state index contributed by atoms with van der Waals surface area (Å²) in [6, 6.07) is 11.2. The van der Waals surface area contributed by atoms with Gasteiger partial charge in [-0.3, -0.25) is 0 Å². The Bertz CT molecular complexity index is 706. The second-order valence-electron chi connectivity index (χ2n) is 3.69. The Morgan fingerprint density at radius 2 is 1.53 bits per heavy atom. The molecule has 0 radical (unpaired) electrons. The Morgan fingerprint density at radius 3 is 2.16 bits per heavy atom. The average molecular weight is 251 g/mol. The number of hydrogen-bond acceptors (Lipinski definition) is 3. The van der Waals surface area contributed by atoms with Crippen LogP contribution >= 0.6 is 0 Å². The molecule has 92 valence electrons. The Labute approximate surface area is 109 Å². The van der Waals surface area contributed by atoms with E-state index in [1.165, 1.54) is 12.1 Å². The summed E-state index contributed by atoms with van der Waals surface area (Å²) in [5.74, 6) is 5.38. The van der Waals surface area contributed by atoms with Gasteiger partial charge in [0.25, 0.3) is 0 Å². The minimum absolute atomic E-state index is 0.177. The van der Waals surface area contributed by atoms with Gasteiger partial charge in [-0.05, 0) is 35.9 Å². The highest BCUT2D eigenvalue weighted by Crippen LogP contribution is 2.24. The van der Waals surface area contributed by atoms with E-state index in [0.29, 0.717) is 11.3 Å². The molecule has 0 aliphatic rings. The van der Waals surface area contributed by atoms with Crippen molar-refractivity contribution in [1.82, 2.24) is 0 Å². The number of azide groups is 1. The standard InChI is InChI=1S/C14H9N3O2/c15-17-16-12-6-3-10(4-7-12)1-2-11-5-8-13(18)14(19)9-11/h3-9,18-19H. The fourth-order valence-corrected chi connectivity index (χ4v) is 1.41. The van der Waals surface area contributed by atoms with Gasteiger partial charge >= 0.3 is 0 Å². The smallest absolute Gasteiger partial charge is 0.158 e. The van der Waals surface area contributed by atoms with Crippen molar-refractivity contribution in [2.24, 2.45) is 5.11 Å². The van der Waals surface area contributed by atoms with Gasteiger partial charge in [0, 0.05) is 21.7 Å². The lowest BCUT2D eigenvalue weighted by Gasteiger charge is -1.96. The van der Waals surface area contributed by atoms with E-state index in [9.17, 15) is 10.2 Å². The van der Waals surface area contributed by atoms with Gasteiger partial charge < -0.3 is 10.2 Å². The van der Waals surface area contributed by atoms with Crippen LogP contribution in [0.4, 0.5) is 5.69 Å². The molecule has 2 N–H and O–H groups in total. The Hall–Kier alpha value is -3.09. The van der Waals surface area contributed by atoms with Crippen molar-refractivity contribution >= 4 is 5.69 Å². The summed E-state index contributed by atoms with van der Waals surface area (Å²) in [5, 5.41) is 22.0. The predicted octanol–water partition coefficient (Wildman–Crippen LogP) is 3.44. The third-order valence-corrected chi connectivity index (χ3v) is 2.35. The highest BCUT2D eigenvalue weighted by molar-refractivity contribution is 5.50. The molecule has 0 aromatic heterocycles. The van der Waals surface area contributed by atoms with Gasteiger partial charge in [0.2, 0.25) is 0 Å². The molecule has 2 aromatic carbocycles. The lowest BCUT2D eigenvalue weighted by atomic mass is 10.1. The summed E-state index contributed by atoms with van der Waals surface area (Å²) in [5.41, 5.74) is 10.1. The van der Waals surface area contributed by atoms with Gasteiger partial charge in [0.05, 0.1) is 0 Å². The molecule has 0 bridgehead atoms. The van der Waals surface area contributed by atoms with E-state index < -0.39 is 0 Å². The van der Waals surface area contributed by atoms with Gasteiger partial charge in [-0.25, -0.2) is 0 Å². The maximum Gasteiger partial charge on any atom is 0.158 e. The van der Waals surface area contributed by atoms with Crippen LogP contribution < -0.4 is 0 Å². The molecule has 2 rings (SSSR count). The van der Waals surface area contributed by atoms with Crippen molar-refractivity contribution in [2.45, 2.75) is 0 Å². The monoisotopic (exact) mass is 251 g/mol. The molecular weight excluding hydrogens is 242 g/mol. The highest BCUT2D eigenvalue weighted by Gasteiger charge is 1.97. The van der Waals surface area contributed by atoms with E-state index >= 15 is 0 Å². The number of benzene rings is 2. The third-order valence-electron chi connectivity index (χ3n) is 2.35. The number of hydrogen-bond donors (Lipinski definition) is 2. The van der Waals surface area contributed by atoms with Crippen LogP contribution in [0.25, 0.3) is 10.4 Å². The first-order chi connectivity index (χ1) is 9.19. The highest BCUT2D eigenvalue weighted by atomic mass is 16.3. The summed E-state index contributed by atoms with van der Waals surface area (Å²) >= 11 is 0. The van der Waals surface area contributed by atoms with Crippen molar-refractivity contribution in [3.05, 3.63) is 64.0 Å². The molecule has 0 fully saturated rings. The van der Waals surface area contributed by atoms with Crippen molar-refractivity contribution in [1.29, 1.82) is 0 Å². The number of rotatable bonds is 1. The van der Waals surface area contributed by atoms with E-state index in [2.05, 4.69) is 21.9 Å². The quantitative estimate of drug-likeness (QED) is 0.267. The Kier molecular flexibility index (Phi) is 3.58. The third kappa shape index (κ3) is 3.19. The minimum atomic E-state index is -0.203. The van der Waals surface area contributed by atoms with Crippen molar-refractivity contribution in [3.63, 3.8) is 0 Å². The SMILES string of the molecule is [N-]=[N+]=Nc1ccc(C#Cc2ccc(O)c(O)c2)cc1. The fourth-order valence-electron chi connectivity index (χ4n) is 1.41. The number of phenols is 2. The van der Waals surface area contributed by atoms with E-state index in [4.69, 9.17) is 5.53 Å². The molecule has 0 saturated carbocycles. The molecular formula is C14H9N3O2. The zero-order valence-electron chi connectivity index (χ0n) is 9.78. The van der Waals surface area contributed by atoms with Crippen LogP contribution in [0.2, 0.25) is 0 Å². The maximum atomic E-state index is 9.33. The van der Waals surface area contributed by atoms with E-state index in [1.54, 1.807) is 30.3 Å². The molecule has 0 amide bonds. The van der Waals surface area contributed by atoms with E-state index in [0.717, 1.165) is 5.56 Å². The van der Waals surface area contributed by atoms with Crippen molar-refractivity contribution < 1.29 is 10.2 Å². The largest absolute Gasteiger partial charge is 0.504 e. The molecule has 0 aliphatic carbocycles. The Balaban J connectivity index is 2.23. The Morgan fingerprint density at radius 1 is 0.895 bits per heavy atom. The fraction of sp³-hybridized carbons (Fsp3) is 0. The predicted molar refractivity (Wildman–Crippen MR) is 71.0 cm³/mol. The van der Waals surface area contributed by atoms with Gasteiger partial charge in [-0.2, -0.15) is 0 Å². The van der Waals surface area contributed by atoms with Crippen LogP contribution in [0, 0.1) is 11.8 Å². The zero-order valence-corrected chi connectivity index (χ0v) is 9.78.